The summed E-state index contributed by atoms with van der Waals surface area (Å²) in [6.07, 6.45) is 1.19. The van der Waals surface area contributed by atoms with Gasteiger partial charge in [-0.2, -0.15) is 0 Å². The van der Waals surface area contributed by atoms with Gasteiger partial charge in [-0.05, 0) is 18.3 Å². The van der Waals surface area contributed by atoms with Gasteiger partial charge in [-0.25, -0.2) is 0 Å². The molecule has 0 amide bonds. The van der Waals surface area contributed by atoms with Crippen molar-refractivity contribution in [3.8, 4) is 0 Å². The molecule has 1 aliphatic heterocycles. The van der Waals surface area contributed by atoms with Gasteiger partial charge in [-0.15, -0.1) is 0 Å². The Kier molecular flexibility index (Phi) is 2.96. The van der Waals surface area contributed by atoms with Gasteiger partial charge in [-0.1, -0.05) is 13.8 Å². The van der Waals surface area contributed by atoms with Crippen LogP contribution in [-0.4, -0.2) is 31.7 Å². The summed E-state index contributed by atoms with van der Waals surface area (Å²) in [6, 6.07) is 0.333. The highest BCUT2D eigenvalue weighted by Crippen LogP contribution is 2.30. The lowest BCUT2D eigenvalue weighted by atomic mass is 9.84. The van der Waals surface area contributed by atoms with Gasteiger partial charge in [-0.3, -0.25) is 0 Å². The van der Waals surface area contributed by atoms with Gasteiger partial charge >= 0.3 is 0 Å². The Morgan fingerprint density at radius 3 is 2.64 bits per heavy atom. The monoisotopic (exact) mass is 156 g/mol. The fourth-order valence-electron chi connectivity index (χ4n) is 1.87. The summed E-state index contributed by atoms with van der Waals surface area (Å²) in [4.78, 5) is 0. The molecule has 0 aromatic carbocycles. The van der Waals surface area contributed by atoms with Crippen LogP contribution in [0.5, 0.6) is 0 Å². The van der Waals surface area contributed by atoms with Crippen molar-refractivity contribution in [2.45, 2.75) is 32.4 Å². The van der Waals surface area contributed by atoms with Crippen molar-refractivity contribution in [3.05, 3.63) is 0 Å². The van der Waals surface area contributed by atoms with E-state index in [-0.39, 0.29) is 12.7 Å². The SMILES string of the molecule is B[C@H]1C[C@@H](C(C)C)C(CO)O1. The lowest BCUT2D eigenvalue weighted by Gasteiger charge is -2.19. The molecule has 2 nitrogen and oxygen atoms in total. The molecule has 1 heterocycles. The van der Waals surface area contributed by atoms with E-state index in [1.165, 1.54) is 0 Å². The fourth-order valence-corrected chi connectivity index (χ4v) is 1.87. The highest BCUT2D eigenvalue weighted by Gasteiger charge is 2.33. The van der Waals surface area contributed by atoms with Gasteiger partial charge in [0, 0.05) is 6.00 Å². The minimum Gasteiger partial charge on any atom is -0.394 e. The van der Waals surface area contributed by atoms with Gasteiger partial charge in [0.2, 0.25) is 0 Å². The van der Waals surface area contributed by atoms with Crippen LogP contribution >= 0.6 is 0 Å². The molecule has 1 N–H and O–H groups in total. The molecule has 64 valence electrons. The number of hydrogen-bond acceptors (Lipinski definition) is 2. The predicted octanol–water partition coefficient (Wildman–Crippen LogP) is -0.00100. The Hall–Kier alpha value is -0.0151. The van der Waals surface area contributed by atoms with Crippen LogP contribution < -0.4 is 0 Å². The second-order valence-corrected chi connectivity index (χ2v) is 3.81. The highest BCUT2D eigenvalue weighted by molar-refractivity contribution is 6.11. The molecule has 1 unspecified atom stereocenters. The van der Waals surface area contributed by atoms with Crippen molar-refractivity contribution in [2.75, 3.05) is 6.61 Å². The van der Waals surface area contributed by atoms with Crippen molar-refractivity contribution >= 4 is 7.85 Å². The second-order valence-electron chi connectivity index (χ2n) is 3.81. The zero-order chi connectivity index (χ0) is 8.43. The van der Waals surface area contributed by atoms with Crippen LogP contribution in [0.1, 0.15) is 20.3 Å². The normalized spacial score (nSPS) is 38.4. The number of ether oxygens (including phenoxy) is 1. The quantitative estimate of drug-likeness (QED) is 0.570. The smallest absolute Gasteiger partial charge is 0.139 e. The van der Waals surface area contributed by atoms with E-state index in [1.807, 2.05) is 0 Å². The zero-order valence-electron chi connectivity index (χ0n) is 7.58. The van der Waals surface area contributed by atoms with E-state index in [1.54, 1.807) is 0 Å². The summed E-state index contributed by atoms with van der Waals surface area (Å²) in [5, 5.41) is 8.98. The number of aliphatic hydroxyl groups is 1. The summed E-state index contributed by atoms with van der Waals surface area (Å²) < 4.78 is 5.53. The third-order valence-corrected chi connectivity index (χ3v) is 2.52. The van der Waals surface area contributed by atoms with Crippen molar-refractivity contribution in [3.63, 3.8) is 0 Å². The zero-order valence-corrected chi connectivity index (χ0v) is 7.58. The first-order valence-corrected chi connectivity index (χ1v) is 4.41. The molecule has 1 saturated heterocycles. The van der Waals surface area contributed by atoms with Crippen LogP contribution in [0.4, 0.5) is 0 Å². The van der Waals surface area contributed by atoms with E-state index < -0.39 is 0 Å². The second kappa shape index (κ2) is 3.59. The van der Waals surface area contributed by atoms with Crippen molar-refractivity contribution < 1.29 is 9.84 Å². The van der Waals surface area contributed by atoms with Gasteiger partial charge in [0.05, 0.1) is 12.7 Å². The topological polar surface area (TPSA) is 29.5 Å². The predicted molar refractivity (Wildman–Crippen MR) is 47.2 cm³/mol. The maximum atomic E-state index is 8.98. The molecular weight excluding hydrogens is 139 g/mol. The van der Waals surface area contributed by atoms with E-state index in [2.05, 4.69) is 21.7 Å². The maximum absolute atomic E-state index is 8.98. The summed E-state index contributed by atoms with van der Waals surface area (Å²) in [5.41, 5.74) is 0. The van der Waals surface area contributed by atoms with E-state index in [9.17, 15) is 0 Å². The van der Waals surface area contributed by atoms with Crippen LogP contribution in [-0.2, 0) is 4.74 Å². The Morgan fingerprint density at radius 2 is 2.27 bits per heavy atom. The third-order valence-electron chi connectivity index (χ3n) is 2.52. The van der Waals surface area contributed by atoms with Crippen LogP contribution in [0.25, 0.3) is 0 Å². The molecular formula is C8H17BO2. The molecule has 1 aliphatic rings. The molecule has 0 radical (unpaired) electrons. The van der Waals surface area contributed by atoms with Gasteiger partial charge in [0.15, 0.2) is 0 Å². The van der Waals surface area contributed by atoms with Gasteiger partial charge < -0.3 is 9.84 Å². The average Bonchev–Trinajstić information content (AvgIpc) is 2.30. The van der Waals surface area contributed by atoms with E-state index in [4.69, 9.17) is 9.84 Å². The van der Waals surface area contributed by atoms with Crippen LogP contribution in [0, 0.1) is 11.8 Å². The lowest BCUT2D eigenvalue weighted by molar-refractivity contribution is 0.0187. The maximum Gasteiger partial charge on any atom is 0.139 e. The molecule has 0 aliphatic carbocycles. The standard InChI is InChI=1S/C8H17BO2/c1-5(2)6-3-8(9)11-7(6)4-10/h5-8,10H,3-4,9H2,1-2H3/t6-,7?,8+/m0/s1. The summed E-state index contributed by atoms with van der Waals surface area (Å²) in [7, 11) is 2.07. The summed E-state index contributed by atoms with van der Waals surface area (Å²) in [5.74, 6) is 1.17. The average molecular weight is 156 g/mol. The van der Waals surface area contributed by atoms with Crippen molar-refractivity contribution in [1.82, 2.24) is 0 Å². The third kappa shape index (κ3) is 1.97. The molecule has 0 saturated carbocycles. The van der Waals surface area contributed by atoms with Gasteiger partial charge in [0.25, 0.3) is 0 Å². The van der Waals surface area contributed by atoms with Gasteiger partial charge in [0.1, 0.15) is 7.85 Å². The van der Waals surface area contributed by atoms with Crippen molar-refractivity contribution in [2.24, 2.45) is 11.8 Å². The molecule has 1 fully saturated rings. The number of aliphatic hydroxyl groups excluding tert-OH is 1. The molecule has 0 aromatic heterocycles. The minimum absolute atomic E-state index is 0.0880. The largest absolute Gasteiger partial charge is 0.394 e. The molecule has 1 rings (SSSR count). The summed E-state index contributed by atoms with van der Waals surface area (Å²) in [6.45, 7) is 4.55. The molecule has 3 heteroatoms. The lowest BCUT2D eigenvalue weighted by Crippen LogP contribution is -2.24. The number of hydrogen-bond donors (Lipinski definition) is 1. The first-order valence-electron chi connectivity index (χ1n) is 4.41. The van der Waals surface area contributed by atoms with E-state index in [0.717, 1.165) is 6.42 Å². The van der Waals surface area contributed by atoms with Crippen LogP contribution in [0.15, 0.2) is 0 Å². The van der Waals surface area contributed by atoms with Crippen molar-refractivity contribution in [1.29, 1.82) is 0 Å². The molecule has 3 atom stereocenters. The Morgan fingerprint density at radius 1 is 1.64 bits per heavy atom. The number of rotatable bonds is 2. The Balaban J connectivity index is 2.50. The molecule has 0 bridgehead atoms. The highest BCUT2D eigenvalue weighted by atomic mass is 16.5. The first kappa shape index (κ1) is 9.08. The minimum atomic E-state index is 0.0880. The van der Waals surface area contributed by atoms with Crippen LogP contribution in [0.2, 0.25) is 0 Å². The van der Waals surface area contributed by atoms with Crippen LogP contribution in [0.3, 0.4) is 0 Å². The molecule has 11 heavy (non-hydrogen) atoms. The fraction of sp³-hybridized carbons (Fsp3) is 1.00. The summed E-state index contributed by atoms with van der Waals surface area (Å²) >= 11 is 0. The molecule has 0 aromatic rings. The Bertz CT molecular complexity index is 127. The van der Waals surface area contributed by atoms with E-state index in [0.29, 0.717) is 17.8 Å². The molecule has 0 spiro atoms. The first-order chi connectivity index (χ1) is 5.15. The van der Waals surface area contributed by atoms with E-state index >= 15 is 0 Å². The Labute approximate surface area is 69.3 Å².